The molecule has 162 valence electrons. The van der Waals surface area contributed by atoms with Crippen LogP contribution in [0.25, 0.3) is 11.0 Å². The number of aromatic nitrogens is 2. The maximum absolute atomic E-state index is 12.9. The minimum atomic E-state index is -3.57. The van der Waals surface area contributed by atoms with Crippen molar-refractivity contribution < 1.29 is 22.7 Å². The van der Waals surface area contributed by atoms with Crippen molar-refractivity contribution in [3.63, 3.8) is 0 Å². The van der Waals surface area contributed by atoms with Crippen molar-refractivity contribution in [3.05, 3.63) is 24.0 Å². The molecule has 2 saturated heterocycles. The van der Waals surface area contributed by atoms with Crippen LogP contribution in [0.3, 0.4) is 0 Å². The lowest BCUT2D eigenvalue weighted by atomic mass is 10.2. The van der Waals surface area contributed by atoms with Gasteiger partial charge < -0.3 is 14.2 Å². The van der Waals surface area contributed by atoms with Crippen molar-refractivity contribution in [2.75, 3.05) is 26.4 Å². The molecule has 0 spiro atoms. The first-order valence-electron chi connectivity index (χ1n) is 9.74. The van der Waals surface area contributed by atoms with Crippen molar-refractivity contribution in [1.29, 1.82) is 0 Å². The maximum Gasteiger partial charge on any atom is 0.343 e. The van der Waals surface area contributed by atoms with Gasteiger partial charge in [-0.25, -0.2) is 22.5 Å². The van der Waals surface area contributed by atoms with Crippen molar-refractivity contribution in [2.24, 2.45) is 0 Å². The van der Waals surface area contributed by atoms with Crippen LogP contribution in [0.4, 0.5) is 0 Å². The summed E-state index contributed by atoms with van der Waals surface area (Å²) in [6, 6.07) is 4.80. The zero-order valence-electron chi connectivity index (χ0n) is 17.1. The van der Waals surface area contributed by atoms with Crippen LogP contribution < -0.4 is 0 Å². The highest BCUT2D eigenvalue weighted by Crippen LogP contribution is 2.45. The van der Waals surface area contributed by atoms with Gasteiger partial charge in [-0.15, -0.1) is 11.8 Å². The fourth-order valence-corrected chi connectivity index (χ4v) is 6.32. The normalized spacial score (nSPS) is 21.6. The minimum Gasteiger partial charge on any atom is -0.455 e. The van der Waals surface area contributed by atoms with E-state index in [1.54, 1.807) is 17.0 Å². The van der Waals surface area contributed by atoms with Gasteiger partial charge in [-0.1, -0.05) is 0 Å². The summed E-state index contributed by atoms with van der Waals surface area (Å²) in [5, 5.41) is 0. The zero-order valence-corrected chi connectivity index (χ0v) is 18.8. The quantitative estimate of drug-likeness (QED) is 0.611. The van der Waals surface area contributed by atoms with Crippen LogP contribution in [0.1, 0.15) is 25.6 Å². The van der Waals surface area contributed by atoms with E-state index >= 15 is 0 Å². The Bertz CT molecular complexity index is 1130. The number of benzene rings is 1. The monoisotopic (exact) mass is 452 g/mol. The molecule has 30 heavy (non-hydrogen) atoms. The van der Waals surface area contributed by atoms with E-state index in [0.717, 1.165) is 15.6 Å². The summed E-state index contributed by atoms with van der Waals surface area (Å²) in [6.07, 6.45) is 0.823. The van der Waals surface area contributed by atoms with Crippen molar-refractivity contribution in [2.45, 2.75) is 42.7 Å². The average Bonchev–Trinajstić information content (AvgIpc) is 3.38. The van der Waals surface area contributed by atoms with Gasteiger partial charge in [-0.2, -0.15) is 0 Å². The second-order valence-corrected chi connectivity index (χ2v) is 11.0. The molecule has 0 radical (unpaired) electrons. The number of thioether (sulfide) groups is 1. The third-order valence-corrected chi connectivity index (χ3v) is 8.88. The molecule has 2 fully saturated rings. The first kappa shape index (κ1) is 21.1. The number of hydrogen-bond acceptors (Lipinski definition) is 7. The van der Waals surface area contributed by atoms with Gasteiger partial charge in [0.15, 0.2) is 4.87 Å². The fraction of sp³-hybridized carbons (Fsp3) is 0.526. The van der Waals surface area contributed by atoms with Crippen LogP contribution in [0.5, 0.6) is 0 Å². The number of aryl methyl sites for hydroxylation is 1. The largest absolute Gasteiger partial charge is 0.455 e. The number of imidazole rings is 1. The second kappa shape index (κ2) is 7.54. The standard InChI is InChI=1S/C19H24N4O5S2/c1-4-22-15-6-5-13(30(26,27)21(2)3)11-14(15)20-16(22)12-28-18(25)19-8-7-17(24)23(19)9-10-29-19/h5-6,11H,4,7-10,12H2,1-3H3. The molecule has 11 heteroatoms. The summed E-state index contributed by atoms with van der Waals surface area (Å²) in [6.45, 7) is 3.06. The lowest BCUT2D eigenvalue weighted by Gasteiger charge is -2.28. The van der Waals surface area contributed by atoms with E-state index in [-0.39, 0.29) is 17.4 Å². The van der Waals surface area contributed by atoms with Crippen molar-refractivity contribution >= 4 is 44.7 Å². The number of carbonyl (C=O) groups is 2. The van der Waals surface area contributed by atoms with Crippen LogP contribution in [0.15, 0.2) is 23.1 Å². The average molecular weight is 453 g/mol. The van der Waals surface area contributed by atoms with Crippen molar-refractivity contribution in [1.82, 2.24) is 18.8 Å². The van der Waals surface area contributed by atoms with E-state index in [1.807, 2.05) is 11.5 Å². The van der Waals surface area contributed by atoms with Gasteiger partial charge in [0.1, 0.15) is 12.4 Å². The second-order valence-electron chi connectivity index (χ2n) is 7.46. The van der Waals surface area contributed by atoms with E-state index in [2.05, 4.69) is 4.98 Å². The van der Waals surface area contributed by atoms with E-state index < -0.39 is 20.9 Å². The van der Waals surface area contributed by atoms with Gasteiger partial charge in [-0.3, -0.25) is 4.79 Å². The van der Waals surface area contributed by atoms with Gasteiger partial charge in [0.2, 0.25) is 15.9 Å². The van der Waals surface area contributed by atoms with E-state index in [0.29, 0.717) is 37.3 Å². The third-order valence-electron chi connectivity index (χ3n) is 5.62. The Balaban J connectivity index is 1.60. The molecule has 0 aliphatic carbocycles. The Kier molecular flexibility index (Phi) is 5.31. The van der Waals surface area contributed by atoms with Gasteiger partial charge in [0.25, 0.3) is 0 Å². The molecular formula is C19H24N4O5S2. The summed E-state index contributed by atoms with van der Waals surface area (Å²) < 4.78 is 33.5. The lowest BCUT2D eigenvalue weighted by molar-refractivity contribution is -0.154. The maximum atomic E-state index is 12.9. The van der Waals surface area contributed by atoms with Crippen LogP contribution in [0, 0.1) is 0 Å². The summed E-state index contributed by atoms with van der Waals surface area (Å²) in [7, 11) is -0.615. The number of nitrogens with zero attached hydrogens (tertiary/aromatic N) is 4. The molecular weight excluding hydrogens is 428 g/mol. The Morgan fingerprint density at radius 2 is 2.13 bits per heavy atom. The van der Waals surface area contributed by atoms with Gasteiger partial charge in [0, 0.05) is 39.4 Å². The number of amides is 1. The molecule has 2 aliphatic heterocycles. The third kappa shape index (κ3) is 3.19. The Hall–Kier alpha value is -2.11. The molecule has 4 rings (SSSR count). The predicted molar refractivity (Wildman–Crippen MR) is 112 cm³/mol. The Morgan fingerprint density at radius 3 is 2.83 bits per heavy atom. The first-order chi connectivity index (χ1) is 14.2. The summed E-state index contributed by atoms with van der Waals surface area (Å²) in [5.41, 5.74) is 1.30. The number of hydrogen-bond donors (Lipinski definition) is 0. The van der Waals surface area contributed by atoms with Crippen LogP contribution in [-0.4, -0.2) is 70.3 Å². The summed E-state index contributed by atoms with van der Waals surface area (Å²) in [4.78, 5) is 30.3. The number of esters is 1. The number of ether oxygens (including phenoxy) is 1. The highest BCUT2D eigenvalue weighted by atomic mass is 32.2. The molecule has 0 saturated carbocycles. The molecule has 3 heterocycles. The zero-order chi connectivity index (χ0) is 21.7. The fourth-order valence-electron chi connectivity index (χ4n) is 4.02. The molecule has 1 unspecified atom stereocenters. The highest BCUT2D eigenvalue weighted by molar-refractivity contribution is 8.01. The van der Waals surface area contributed by atoms with E-state index in [1.165, 1.54) is 31.9 Å². The molecule has 9 nitrogen and oxygen atoms in total. The molecule has 1 aromatic carbocycles. The number of sulfonamides is 1. The van der Waals surface area contributed by atoms with Crippen LogP contribution >= 0.6 is 11.8 Å². The first-order valence-corrected chi connectivity index (χ1v) is 12.2. The minimum absolute atomic E-state index is 0.00706. The molecule has 1 atom stereocenters. The SMILES string of the molecule is CCn1c(COC(=O)C23CCC(=O)N2CCS3)nc2cc(S(=O)(=O)N(C)C)ccc21. The van der Waals surface area contributed by atoms with Gasteiger partial charge in [0.05, 0.1) is 15.9 Å². The molecule has 1 aromatic heterocycles. The Morgan fingerprint density at radius 1 is 1.37 bits per heavy atom. The van der Waals surface area contributed by atoms with Crippen molar-refractivity contribution in [3.8, 4) is 0 Å². The van der Waals surface area contributed by atoms with Gasteiger partial charge >= 0.3 is 5.97 Å². The highest BCUT2D eigenvalue weighted by Gasteiger charge is 2.56. The van der Waals surface area contributed by atoms with E-state index in [9.17, 15) is 18.0 Å². The smallest absolute Gasteiger partial charge is 0.343 e. The van der Waals surface area contributed by atoms with E-state index in [4.69, 9.17) is 4.74 Å². The summed E-state index contributed by atoms with van der Waals surface area (Å²) >= 11 is 1.46. The molecule has 2 aromatic rings. The molecule has 1 amide bonds. The molecule has 0 bridgehead atoms. The molecule has 0 N–H and O–H groups in total. The Labute approximate surface area is 179 Å². The summed E-state index contributed by atoms with van der Waals surface area (Å²) in [5.74, 6) is 0.835. The van der Waals surface area contributed by atoms with Crippen LogP contribution in [-0.2, 0) is 37.5 Å². The number of carbonyl (C=O) groups excluding carboxylic acids is 2. The topological polar surface area (TPSA) is 102 Å². The van der Waals surface area contributed by atoms with Gasteiger partial charge in [-0.05, 0) is 31.5 Å². The number of fused-ring (bicyclic) bond motifs is 2. The lowest BCUT2D eigenvalue weighted by Crippen LogP contribution is -2.46. The number of rotatable bonds is 6. The van der Waals surface area contributed by atoms with Crippen LogP contribution in [0.2, 0.25) is 0 Å². The molecule has 2 aliphatic rings. The predicted octanol–water partition coefficient (Wildman–Crippen LogP) is 1.42.